The summed E-state index contributed by atoms with van der Waals surface area (Å²) in [6, 6.07) is 3.88. The second-order valence-electron chi connectivity index (χ2n) is 7.69. The number of hydrogen-bond acceptors (Lipinski definition) is 6. The Balaban J connectivity index is 1.42. The van der Waals surface area contributed by atoms with E-state index in [1.165, 1.54) is 24.6 Å². The Morgan fingerprint density at radius 1 is 1.17 bits per heavy atom. The highest BCUT2D eigenvalue weighted by molar-refractivity contribution is 9.10. The Morgan fingerprint density at radius 2 is 1.90 bits per heavy atom. The summed E-state index contributed by atoms with van der Waals surface area (Å²) in [7, 11) is 0. The molecular formula is C21H28BrFN2O5. The van der Waals surface area contributed by atoms with Crippen LogP contribution in [0.2, 0.25) is 0 Å². The molecule has 1 aromatic rings. The molecule has 3 rings (SSSR count). The third-order valence-electron chi connectivity index (χ3n) is 5.68. The number of rotatable bonds is 8. The summed E-state index contributed by atoms with van der Waals surface area (Å²) >= 11 is 3.16. The largest absolute Gasteiger partial charge is 0.481 e. The van der Waals surface area contributed by atoms with E-state index in [0.717, 1.165) is 52.0 Å². The fourth-order valence-electron chi connectivity index (χ4n) is 4.08. The first-order chi connectivity index (χ1) is 14.5. The van der Waals surface area contributed by atoms with Gasteiger partial charge in [-0.25, -0.2) is 9.18 Å². The molecule has 0 unspecified atom stereocenters. The summed E-state index contributed by atoms with van der Waals surface area (Å²) in [5.41, 5.74) is -0.0420. The second-order valence-corrected chi connectivity index (χ2v) is 8.54. The van der Waals surface area contributed by atoms with Gasteiger partial charge in [0.15, 0.2) is 13.2 Å². The lowest BCUT2D eigenvalue weighted by Gasteiger charge is -2.48. The summed E-state index contributed by atoms with van der Waals surface area (Å²) in [5.74, 6) is -1.09. The minimum absolute atomic E-state index is 0.0420. The van der Waals surface area contributed by atoms with E-state index in [1.807, 2.05) is 0 Å². The van der Waals surface area contributed by atoms with E-state index in [2.05, 4.69) is 26.1 Å². The first-order valence-corrected chi connectivity index (χ1v) is 11.1. The third-order valence-corrected chi connectivity index (χ3v) is 6.30. The lowest BCUT2D eigenvalue weighted by atomic mass is 9.79. The van der Waals surface area contributed by atoms with E-state index in [0.29, 0.717) is 16.8 Å². The molecule has 2 aliphatic rings. The van der Waals surface area contributed by atoms with Crippen molar-refractivity contribution in [3.8, 4) is 5.75 Å². The van der Waals surface area contributed by atoms with Crippen LogP contribution in [0.5, 0.6) is 5.75 Å². The van der Waals surface area contributed by atoms with Gasteiger partial charge in [-0.1, -0.05) is 19.3 Å². The molecule has 1 heterocycles. The fourth-order valence-corrected chi connectivity index (χ4v) is 4.55. The first-order valence-electron chi connectivity index (χ1n) is 10.3. The third kappa shape index (κ3) is 6.39. The number of esters is 1. The molecule has 1 amide bonds. The lowest BCUT2D eigenvalue weighted by Crippen LogP contribution is -2.59. The summed E-state index contributed by atoms with van der Waals surface area (Å²) in [5, 5.41) is 2.95. The maximum Gasteiger partial charge on any atom is 0.344 e. The van der Waals surface area contributed by atoms with Crippen LogP contribution in [0.4, 0.5) is 4.39 Å². The highest BCUT2D eigenvalue weighted by Gasteiger charge is 2.38. The summed E-state index contributed by atoms with van der Waals surface area (Å²) in [6.07, 6.45) is 5.62. The highest BCUT2D eigenvalue weighted by Crippen LogP contribution is 2.33. The molecule has 1 N–H and O–H groups in total. The molecule has 0 atom stereocenters. The van der Waals surface area contributed by atoms with Gasteiger partial charge in [0.1, 0.15) is 11.6 Å². The van der Waals surface area contributed by atoms with Crippen LogP contribution >= 0.6 is 15.9 Å². The quantitative estimate of drug-likeness (QED) is 0.569. The predicted octanol–water partition coefficient (Wildman–Crippen LogP) is 2.66. The van der Waals surface area contributed by atoms with Crippen molar-refractivity contribution in [2.75, 3.05) is 46.1 Å². The van der Waals surface area contributed by atoms with Crippen LogP contribution in [-0.4, -0.2) is 68.4 Å². The van der Waals surface area contributed by atoms with E-state index in [1.54, 1.807) is 0 Å². The molecule has 166 valence electrons. The van der Waals surface area contributed by atoms with Gasteiger partial charge in [0.05, 0.1) is 17.7 Å². The minimum atomic E-state index is -0.665. The number of halogens is 2. The normalized spacial score (nSPS) is 19.1. The average Bonchev–Trinajstić information content (AvgIpc) is 2.77. The van der Waals surface area contributed by atoms with Crippen LogP contribution in [0.3, 0.4) is 0 Å². The van der Waals surface area contributed by atoms with Crippen LogP contribution in [0.1, 0.15) is 32.1 Å². The summed E-state index contributed by atoms with van der Waals surface area (Å²) in [6.45, 7) is 3.01. The Labute approximate surface area is 184 Å². The number of carbonyl (C=O) groups excluding carboxylic acids is 2. The first kappa shape index (κ1) is 23.0. The molecule has 0 spiro atoms. The smallest absolute Gasteiger partial charge is 0.344 e. The zero-order valence-corrected chi connectivity index (χ0v) is 18.5. The molecule has 30 heavy (non-hydrogen) atoms. The number of morpholine rings is 1. The second kappa shape index (κ2) is 11.1. The van der Waals surface area contributed by atoms with Crippen LogP contribution in [-0.2, 0) is 19.1 Å². The van der Waals surface area contributed by atoms with E-state index in [9.17, 15) is 14.0 Å². The predicted molar refractivity (Wildman–Crippen MR) is 112 cm³/mol. The van der Waals surface area contributed by atoms with Crippen LogP contribution in [0.25, 0.3) is 0 Å². The highest BCUT2D eigenvalue weighted by atomic mass is 79.9. The van der Waals surface area contributed by atoms with Gasteiger partial charge < -0.3 is 19.5 Å². The van der Waals surface area contributed by atoms with Crippen LogP contribution in [0.15, 0.2) is 22.7 Å². The van der Waals surface area contributed by atoms with Crippen molar-refractivity contribution in [2.45, 2.75) is 37.6 Å². The summed E-state index contributed by atoms with van der Waals surface area (Å²) in [4.78, 5) is 26.6. The van der Waals surface area contributed by atoms with Crippen molar-refractivity contribution in [2.24, 2.45) is 0 Å². The zero-order chi connectivity index (χ0) is 21.4. The van der Waals surface area contributed by atoms with Crippen molar-refractivity contribution in [1.29, 1.82) is 0 Å². The summed E-state index contributed by atoms with van der Waals surface area (Å²) < 4.78 is 29.3. The number of carbonyl (C=O) groups is 2. The number of amides is 1. The fraction of sp³-hybridized carbons (Fsp3) is 0.619. The van der Waals surface area contributed by atoms with Crippen molar-refractivity contribution >= 4 is 27.8 Å². The Bertz CT molecular complexity index is 736. The number of hydrogen-bond donors (Lipinski definition) is 1. The van der Waals surface area contributed by atoms with Gasteiger partial charge in [-0.15, -0.1) is 0 Å². The van der Waals surface area contributed by atoms with Crippen molar-refractivity contribution in [3.63, 3.8) is 0 Å². The molecule has 1 aliphatic carbocycles. The van der Waals surface area contributed by atoms with Crippen molar-refractivity contribution < 1.29 is 28.2 Å². The van der Waals surface area contributed by atoms with Crippen LogP contribution in [0, 0.1) is 5.82 Å². The molecule has 0 radical (unpaired) electrons. The number of ether oxygens (including phenoxy) is 3. The molecule has 0 aromatic heterocycles. The molecule has 0 bridgehead atoms. The van der Waals surface area contributed by atoms with Gasteiger partial charge >= 0.3 is 5.97 Å². The van der Waals surface area contributed by atoms with Gasteiger partial charge in [-0.2, -0.15) is 0 Å². The minimum Gasteiger partial charge on any atom is -0.481 e. The van der Waals surface area contributed by atoms with Gasteiger partial charge in [0, 0.05) is 25.2 Å². The van der Waals surface area contributed by atoms with E-state index in [-0.39, 0.29) is 24.7 Å². The zero-order valence-electron chi connectivity index (χ0n) is 17.0. The molecule has 1 saturated carbocycles. The topological polar surface area (TPSA) is 77.1 Å². The molecule has 7 nitrogen and oxygen atoms in total. The van der Waals surface area contributed by atoms with E-state index < -0.39 is 11.8 Å². The molecule has 9 heteroatoms. The molecular weight excluding hydrogens is 459 g/mol. The van der Waals surface area contributed by atoms with E-state index >= 15 is 0 Å². The van der Waals surface area contributed by atoms with Crippen LogP contribution < -0.4 is 10.1 Å². The van der Waals surface area contributed by atoms with Gasteiger partial charge in [-0.3, -0.25) is 9.69 Å². The number of nitrogens with zero attached hydrogens (tertiary/aromatic N) is 1. The van der Waals surface area contributed by atoms with Crippen molar-refractivity contribution in [3.05, 3.63) is 28.5 Å². The standard InChI is InChI=1S/C21H28BrFN2O5/c22-17-12-16(23)4-5-18(17)29-14-20(27)30-13-19(26)24-15-21(6-2-1-3-7-21)25-8-10-28-11-9-25/h4-5,12H,1-3,6-11,13-15H2,(H,24,26). The Morgan fingerprint density at radius 3 is 2.60 bits per heavy atom. The molecule has 1 saturated heterocycles. The maximum atomic E-state index is 13.1. The van der Waals surface area contributed by atoms with E-state index in [4.69, 9.17) is 14.2 Å². The molecule has 2 fully saturated rings. The average molecular weight is 487 g/mol. The number of benzene rings is 1. The molecule has 1 aromatic carbocycles. The Hall–Kier alpha value is -1.71. The van der Waals surface area contributed by atoms with Gasteiger partial charge in [-0.05, 0) is 47.0 Å². The maximum absolute atomic E-state index is 13.1. The number of nitrogens with one attached hydrogen (secondary N) is 1. The Kier molecular flexibility index (Phi) is 8.47. The SMILES string of the molecule is O=C(COC(=O)COc1ccc(F)cc1Br)NCC1(N2CCOCC2)CCCCC1. The van der Waals surface area contributed by atoms with Crippen molar-refractivity contribution in [1.82, 2.24) is 10.2 Å². The lowest BCUT2D eigenvalue weighted by molar-refractivity contribution is -0.150. The van der Waals surface area contributed by atoms with Gasteiger partial charge in [0.2, 0.25) is 0 Å². The monoisotopic (exact) mass is 486 g/mol. The molecule has 1 aliphatic heterocycles. The van der Waals surface area contributed by atoms with Gasteiger partial charge in [0.25, 0.3) is 5.91 Å².